The zero-order valence-corrected chi connectivity index (χ0v) is 25.0. The standard InChI is InChI=1S/C27H20Br2Cl2N2O5/c1-13-5-4-6-20(14(13)2)33-26(35)17(25(34)32-27(33)36)10-16-11-21(37-3)24(23(29)22(16)28)38-12-15-7-8-18(30)19(31)9-15/h4-11H,12H2,1-3H3,(H,32,34,36)/b17-10+. The number of methoxy groups -OCH3 is 1. The lowest BCUT2D eigenvalue weighted by Crippen LogP contribution is -2.54. The molecule has 7 nitrogen and oxygen atoms in total. The molecule has 0 unspecified atom stereocenters. The molecule has 0 spiro atoms. The van der Waals surface area contributed by atoms with Gasteiger partial charge in [-0.15, -0.1) is 0 Å². The number of imide groups is 2. The van der Waals surface area contributed by atoms with Gasteiger partial charge in [0.15, 0.2) is 11.5 Å². The summed E-state index contributed by atoms with van der Waals surface area (Å²) in [5.41, 5.74) is 3.07. The maximum Gasteiger partial charge on any atom is 0.335 e. The largest absolute Gasteiger partial charge is 0.493 e. The Morgan fingerprint density at radius 1 is 1.00 bits per heavy atom. The van der Waals surface area contributed by atoms with Crippen molar-refractivity contribution in [3.05, 3.63) is 89.3 Å². The van der Waals surface area contributed by atoms with E-state index in [0.717, 1.165) is 21.6 Å². The van der Waals surface area contributed by atoms with Crippen LogP contribution in [0, 0.1) is 13.8 Å². The quantitative estimate of drug-likeness (QED) is 0.217. The number of nitrogens with zero attached hydrogens (tertiary/aromatic N) is 1. The highest BCUT2D eigenvalue weighted by Gasteiger charge is 2.37. The number of anilines is 1. The second-order valence-corrected chi connectivity index (χ2v) is 10.7. The smallest absolute Gasteiger partial charge is 0.335 e. The van der Waals surface area contributed by atoms with Crippen LogP contribution in [0.4, 0.5) is 10.5 Å². The lowest BCUT2D eigenvalue weighted by Gasteiger charge is -2.28. The number of urea groups is 1. The van der Waals surface area contributed by atoms with Crippen molar-refractivity contribution in [1.82, 2.24) is 5.32 Å². The maximum atomic E-state index is 13.4. The summed E-state index contributed by atoms with van der Waals surface area (Å²) in [6, 6.07) is 11.3. The molecule has 1 heterocycles. The van der Waals surface area contributed by atoms with E-state index in [1.807, 2.05) is 13.0 Å². The van der Waals surface area contributed by atoms with Gasteiger partial charge in [-0.1, -0.05) is 41.4 Å². The normalized spacial score (nSPS) is 14.7. The van der Waals surface area contributed by atoms with E-state index in [1.54, 1.807) is 43.3 Å². The minimum Gasteiger partial charge on any atom is -0.493 e. The van der Waals surface area contributed by atoms with Gasteiger partial charge in [-0.05, 0) is 98.3 Å². The van der Waals surface area contributed by atoms with Gasteiger partial charge in [0.05, 0.1) is 27.3 Å². The zero-order chi connectivity index (χ0) is 27.7. The van der Waals surface area contributed by atoms with Gasteiger partial charge in [0.1, 0.15) is 12.2 Å². The topological polar surface area (TPSA) is 84.9 Å². The molecular formula is C27H20Br2Cl2N2O5. The highest BCUT2D eigenvalue weighted by molar-refractivity contribution is 9.13. The summed E-state index contributed by atoms with van der Waals surface area (Å²) in [7, 11) is 1.47. The molecule has 38 heavy (non-hydrogen) atoms. The van der Waals surface area contributed by atoms with Crippen LogP contribution >= 0.6 is 55.1 Å². The highest BCUT2D eigenvalue weighted by Crippen LogP contribution is 2.44. The van der Waals surface area contributed by atoms with Crippen molar-refractivity contribution in [3.8, 4) is 11.5 Å². The van der Waals surface area contributed by atoms with Crippen LogP contribution in [0.5, 0.6) is 11.5 Å². The van der Waals surface area contributed by atoms with Crippen LogP contribution in [0.3, 0.4) is 0 Å². The van der Waals surface area contributed by atoms with Gasteiger partial charge in [-0.3, -0.25) is 14.9 Å². The SMILES string of the molecule is COc1cc(/C=C2\C(=O)NC(=O)N(c3cccc(C)c3C)C2=O)c(Br)c(Br)c1OCc1ccc(Cl)c(Cl)c1. The Labute approximate surface area is 245 Å². The van der Waals surface area contributed by atoms with E-state index >= 15 is 0 Å². The minimum atomic E-state index is -0.810. The van der Waals surface area contributed by atoms with Crippen LogP contribution in [0.2, 0.25) is 10.0 Å². The van der Waals surface area contributed by atoms with E-state index < -0.39 is 17.8 Å². The predicted molar refractivity (Wildman–Crippen MR) is 154 cm³/mol. The Kier molecular flexibility index (Phi) is 8.52. The van der Waals surface area contributed by atoms with Crippen molar-refractivity contribution in [2.24, 2.45) is 0 Å². The molecule has 4 amide bonds. The van der Waals surface area contributed by atoms with Gasteiger partial charge < -0.3 is 9.47 Å². The van der Waals surface area contributed by atoms with Crippen LogP contribution in [0.25, 0.3) is 6.08 Å². The third-order valence-corrected chi connectivity index (χ3v) is 8.84. The Bertz CT molecular complexity index is 1520. The molecule has 1 saturated heterocycles. The summed E-state index contributed by atoms with van der Waals surface area (Å²) >= 11 is 19.1. The number of amides is 4. The predicted octanol–water partition coefficient (Wildman–Crippen LogP) is 7.39. The first-order chi connectivity index (χ1) is 18.0. The number of halogens is 4. The number of aryl methyl sites for hydroxylation is 1. The Balaban J connectivity index is 1.71. The van der Waals surface area contributed by atoms with Gasteiger partial charge in [0.2, 0.25) is 0 Å². The summed E-state index contributed by atoms with van der Waals surface area (Å²) in [5.74, 6) is -0.810. The molecule has 4 rings (SSSR count). The third kappa shape index (κ3) is 5.47. The number of benzene rings is 3. The van der Waals surface area contributed by atoms with Crippen molar-refractivity contribution in [3.63, 3.8) is 0 Å². The zero-order valence-electron chi connectivity index (χ0n) is 20.3. The molecule has 0 saturated carbocycles. The number of carbonyl (C=O) groups is 3. The lowest BCUT2D eigenvalue weighted by molar-refractivity contribution is -0.122. The Morgan fingerprint density at radius 2 is 1.74 bits per heavy atom. The molecule has 0 aliphatic carbocycles. The molecule has 3 aromatic rings. The molecule has 0 atom stereocenters. The van der Waals surface area contributed by atoms with E-state index in [2.05, 4.69) is 37.2 Å². The molecule has 0 aromatic heterocycles. The summed E-state index contributed by atoms with van der Waals surface area (Å²) in [5, 5.41) is 3.10. The Hall–Kier alpha value is -2.85. The van der Waals surface area contributed by atoms with Crippen LogP contribution in [-0.4, -0.2) is 25.0 Å². The maximum absolute atomic E-state index is 13.4. The molecule has 196 valence electrons. The monoisotopic (exact) mass is 680 g/mol. The molecular weight excluding hydrogens is 663 g/mol. The first kappa shape index (κ1) is 28.2. The Morgan fingerprint density at radius 3 is 2.42 bits per heavy atom. The van der Waals surface area contributed by atoms with Crippen molar-refractivity contribution >= 4 is 84.7 Å². The van der Waals surface area contributed by atoms with Gasteiger partial charge in [-0.25, -0.2) is 9.69 Å². The van der Waals surface area contributed by atoms with Crippen LogP contribution < -0.4 is 19.7 Å². The summed E-state index contributed by atoms with van der Waals surface area (Å²) in [6.07, 6.45) is 1.39. The fraction of sp³-hybridized carbons (Fsp3) is 0.148. The van der Waals surface area contributed by atoms with E-state index in [1.165, 1.54) is 13.2 Å². The molecule has 0 bridgehead atoms. The van der Waals surface area contributed by atoms with Crippen molar-refractivity contribution < 1.29 is 23.9 Å². The van der Waals surface area contributed by atoms with E-state index in [-0.39, 0.29) is 12.2 Å². The number of barbiturate groups is 1. The molecule has 1 fully saturated rings. The fourth-order valence-electron chi connectivity index (χ4n) is 3.79. The fourth-order valence-corrected chi connectivity index (χ4v) is 5.06. The van der Waals surface area contributed by atoms with Crippen molar-refractivity contribution in [2.45, 2.75) is 20.5 Å². The number of hydrogen-bond acceptors (Lipinski definition) is 5. The van der Waals surface area contributed by atoms with Crippen molar-refractivity contribution in [1.29, 1.82) is 0 Å². The summed E-state index contributed by atoms with van der Waals surface area (Å²) in [4.78, 5) is 39.8. The second kappa shape index (κ2) is 11.5. The van der Waals surface area contributed by atoms with E-state index in [4.69, 9.17) is 32.7 Å². The number of ether oxygens (including phenoxy) is 2. The number of rotatable bonds is 6. The summed E-state index contributed by atoms with van der Waals surface area (Å²) in [6.45, 7) is 3.85. The number of nitrogens with one attached hydrogen (secondary N) is 1. The van der Waals surface area contributed by atoms with E-state index in [0.29, 0.717) is 41.7 Å². The van der Waals surface area contributed by atoms with Gasteiger partial charge in [-0.2, -0.15) is 0 Å². The molecule has 1 aliphatic rings. The lowest BCUT2D eigenvalue weighted by atomic mass is 10.0. The average molecular weight is 683 g/mol. The second-order valence-electron chi connectivity index (χ2n) is 8.34. The van der Waals surface area contributed by atoms with Crippen LogP contribution in [-0.2, 0) is 16.2 Å². The first-order valence-electron chi connectivity index (χ1n) is 11.1. The minimum absolute atomic E-state index is 0.173. The third-order valence-electron chi connectivity index (χ3n) is 5.96. The van der Waals surface area contributed by atoms with Gasteiger partial charge >= 0.3 is 6.03 Å². The van der Waals surface area contributed by atoms with Crippen LogP contribution in [0.15, 0.2) is 57.0 Å². The average Bonchev–Trinajstić information content (AvgIpc) is 2.87. The molecule has 1 aliphatic heterocycles. The van der Waals surface area contributed by atoms with Gasteiger partial charge in [0.25, 0.3) is 11.8 Å². The molecule has 1 N–H and O–H groups in total. The van der Waals surface area contributed by atoms with E-state index in [9.17, 15) is 14.4 Å². The van der Waals surface area contributed by atoms with Gasteiger partial charge in [0, 0.05) is 4.47 Å². The molecule has 3 aromatic carbocycles. The molecule has 11 heteroatoms. The number of hydrogen-bond donors (Lipinski definition) is 1. The molecule has 0 radical (unpaired) electrons. The first-order valence-corrected chi connectivity index (χ1v) is 13.5. The highest BCUT2D eigenvalue weighted by atomic mass is 79.9. The number of carbonyl (C=O) groups excluding carboxylic acids is 3. The van der Waals surface area contributed by atoms with Crippen LogP contribution in [0.1, 0.15) is 22.3 Å². The summed E-state index contributed by atoms with van der Waals surface area (Å²) < 4.78 is 12.5. The van der Waals surface area contributed by atoms with Crippen molar-refractivity contribution in [2.75, 3.05) is 12.0 Å².